The number of benzene rings is 1. The second kappa shape index (κ2) is 9.66. The van der Waals surface area contributed by atoms with Crippen LogP contribution in [0.3, 0.4) is 0 Å². The predicted molar refractivity (Wildman–Crippen MR) is 107 cm³/mol. The van der Waals surface area contributed by atoms with Crippen molar-refractivity contribution in [2.24, 2.45) is 5.92 Å². The molecule has 1 aromatic carbocycles. The Bertz CT molecular complexity index is 779. The number of ether oxygens (including phenoxy) is 1. The molecule has 2 amide bonds. The standard InChI is InChI=1S/C18H23ClN4O3S/c1-5-10(2)14(20-15(24)11(3)19)16(25)21-18-23-22-17(27-18)12-6-8-13(26-4)9-7-12/h6-11,14H,5H2,1-4H3,(H,20,24)(H,21,23,25)/t10-,11+,14+/m0/s1. The van der Waals surface area contributed by atoms with Crippen LogP contribution in [0.1, 0.15) is 27.2 Å². The quantitative estimate of drug-likeness (QED) is 0.651. The number of aromatic nitrogens is 2. The Labute approximate surface area is 167 Å². The highest BCUT2D eigenvalue weighted by Crippen LogP contribution is 2.28. The summed E-state index contributed by atoms with van der Waals surface area (Å²) in [6, 6.07) is 6.70. The molecule has 1 aromatic heterocycles. The lowest BCUT2D eigenvalue weighted by atomic mass is 9.98. The van der Waals surface area contributed by atoms with Crippen LogP contribution in [0.25, 0.3) is 10.6 Å². The Balaban J connectivity index is 2.10. The molecule has 7 nitrogen and oxygen atoms in total. The molecule has 146 valence electrons. The molecule has 0 spiro atoms. The minimum Gasteiger partial charge on any atom is -0.497 e. The summed E-state index contributed by atoms with van der Waals surface area (Å²) in [6.45, 7) is 5.41. The molecule has 3 atom stereocenters. The van der Waals surface area contributed by atoms with Crippen LogP contribution in [0.4, 0.5) is 5.13 Å². The van der Waals surface area contributed by atoms with Gasteiger partial charge in [0.2, 0.25) is 16.9 Å². The molecule has 0 saturated heterocycles. The van der Waals surface area contributed by atoms with Gasteiger partial charge in [0.25, 0.3) is 0 Å². The largest absolute Gasteiger partial charge is 0.497 e. The van der Waals surface area contributed by atoms with E-state index in [1.807, 2.05) is 38.1 Å². The van der Waals surface area contributed by atoms with E-state index >= 15 is 0 Å². The number of carbonyl (C=O) groups is 2. The van der Waals surface area contributed by atoms with E-state index in [1.165, 1.54) is 11.3 Å². The molecular formula is C18H23ClN4O3S. The van der Waals surface area contributed by atoms with Crippen LogP contribution in [0.5, 0.6) is 5.75 Å². The summed E-state index contributed by atoms with van der Waals surface area (Å²) in [5, 5.41) is 13.9. The van der Waals surface area contributed by atoms with E-state index in [0.717, 1.165) is 17.7 Å². The average Bonchev–Trinajstić information content (AvgIpc) is 3.13. The van der Waals surface area contributed by atoms with E-state index in [0.29, 0.717) is 10.1 Å². The maximum Gasteiger partial charge on any atom is 0.249 e. The second-order valence-electron chi connectivity index (χ2n) is 6.12. The number of carbonyl (C=O) groups excluding carboxylic acids is 2. The molecule has 0 aliphatic heterocycles. The van der Waals surface area contributed by atoms with Crippen molar-refractivity contribution in [1.82, 2.24) is 15.5 Å². The van der Waals surface area contributed by atoms with Crippen molar-refractivity contribution in [2.75, 3.05) is 12.4 Å². The molecule has 0 unspecified atom stereocenters. The third kappa shape index (κ3) is 5.64. The Morgan fingerprint density at radius 3 is 2.41 bits per heavy atom. The van der Waals surface area contributed by atoms with E-state index in [9.17, 15) is 9.59 Å². The zero-order valence-corrected chi connectivity index (χ0v) is 17.2. The molecule has 2 rings (SSSR count). The van der Waals surface area contributed by atoms with Crippen molar-refractivity contribution in [3.8, 4) is 16.3 Å². The Morgan fingerprint density at radius 1 is 1.19 bits per heavy atom. The van der Waals surface area contributed by atoms with E-state index < -0.39 is 11.4 Å². The van der Waals surface area contributed by atoms with Gasteiger partial charge in [0.1, 0.15) is 22.2 Å². The highest BCUT2D eigenvalue weighted by Gasteiger charge is 2.28. The Morgan fingerprint density at radius 2 is 1.85 bits per heavy atom. The fraction of sp³-hybridized carbons (Fsp3) is 0.444. The van der Waals surface area contributed by atoms with Gasteiger partial charge in [0, 0.05) is 5.56 Å². The topological polar surface area (TPSA) is 93.2 Å². The monoisotopic (exact) mass is 410 g/mol. The molecule has 1 heterocycles. The second-order valence-corrected chi connectivity index (χ2v) is 7.75. The van der Waals surface area contributed by atoms with Crippen molar-refractivity contribution in [2.45, 2.75) is 38.6 Å². The van der Waals surface area contributed by atoms with Crippen LogP contribution in [-0.4, -0.2) is 40.5 Å². The molecule has 0 fully saturated rings. The van der Waals surface area contributed by atoms with Gasteiger partial charge >= 0.3 is 0 Å². The van der Waals surface area contributed by atoms with Crippen molar-refractivity contribution in [3.63, 3.8) is 0 Å². The van der Waals surface area contributed by atoms with Gasteiger partial charge < -0.3 is 10.1 Å². The third-order valence-electron chi connectivity index (χ3n) is 4.15. The van der Waals surface area contributed by atoms with Gasteiger partial charge in [-0.25, -0.2) is 0 Å². The number of rotatable bonds is 8. The lowest BCUT2D eigenvalue weighted by Gasteiger charge is -2.23. The number of hydrogen-bond donors (Lipinski definition) is 2. The van der Waals surface area contributed by atoms with Gasteiger partial charge in [-0.3, -0.25) is 14.9 Å². The lowest BCUT2D eigenvalue weighted by molar-refractivity contribution is -0.127. The smallest absolute Gasteiger partial charge is 0.249 e. The number of alkyl halides is 1. The maximum atomic E-state index is 12.7. The normalized spacial score (nSPS) is 14.1. The molecule has 2 aromatic rings. The first-order chi connectivity index (χ1) is 12.8. The minimum atomic E-state index is -0.715. The van der Waals surface area contributed by atoms with Crippen LogP contribution in [0, 0.1) is 5.92 Å². The summed E-state index contributed by atoms with van der Waals surface area (Å²) in [5.74, 6) is -0.0310. The number of methoxy groups -OCH3 is 1. The average molecular weight is 411 g/mol. The van der Waals surface area contributed by atoms with Crippen LogP contribution in [0.2, 0.25) is 0 Å². The number of anilines is 1. The molecule has 0 bridgehead atoms. The highest BCUT2D eigenvalue weighted by molar-refractivity contribution is 7.18. The Hall–Kier alpha value is -2.19. The molecule has 0 aliphatic carbocycles. The third-order valence-corrected chi connectivity index (χ3v) is 5.23. The fourth-order valence-corrected chi connectivity index (χ4v) is 3.09. The predicted octanol–water partition coefficient (Wildman–Crippen LogP) is 3.31. The van der Waals surface area contributed by atoms with Crippen LogP contribution >= 0.6 is 22.9 Å². The first-order valence-electron chi connectivity index (χ1n) is 8.59. The van der Waals surface area contributed by atoms with Crippen molar-refractivity contribution in [1.29, 1.82) is 0 Å². The number of amides is 2. The van der Waals surface area contributed by atoms with Crippen LogP contribution < -0.4 is 15.4 Å². The minimum absolute atomic E-state index is 0.0571. The number of hydrogen-bond acceptors (Lipinski definition) is 6. The highest BCUT2D eigenvalue weighted by atomic mass is 35.5. The van der Waals surface area contributed by atoms with E-state index in [1.54, 1.807) is 14.0 Å². The lowest BCUT2D eigenvalue weighted by Crippen LogP contribution is -2.49. The van der Waals surface area contributed by atoms with Gasteiger partial charge in [0.15, 0.2) is 0 Å². The molecule has 0 saturated carbocycles. The summed E-state index contributed by atoms with van der Waals surface area (Å²) in [4.78, 5) is 24.6. The molecule has 27 heavy (non-hydrogen) atoms. The first-order valence-corrected chi connectivity index (χ1v) is 9.84. The van der Waals surface area contributed by atoms with Gasteiger partial charge in [-0.15, -0.1) is 21.8 Å². The van der Waals surface area contributed by atoms with Gasteiger partial charge in [-0.2, -0.15) is 0 Å². The first kappa shape index (κ1) is 21.1. The van der Waals surface area contributed by atoms with Gasteiger partial charge in [-0.05, 0) is 37.1 Å². The van der Waals surface area contributed by atoms with Crippen molar-refractivity contribution >= 4 is 39.9 Å². The number of nitrogens with zero attached hydrogens (tertiary/aromatic N) is 2. The molecule has 2 N–H and O–H groups in total. The SMILES string of the molecule is CC[C@H](C)[C@@H](NC(=O)[C@@H](C)Cl)C(=O)Nc1nnc(-c2ccc(OC)cc2)s1. The zero-order chi connectivity index (χ0) is 20.0. The summed E-state index contributed by atoms with van der Waals surface area (Å²) >= 11 is 7.06. The summed E-state index contributed by atoms with van der Waals surface area (Å²) in [7, 11) is 1.60. The summed E-state index contributed by atoms with van der Waals surface area (Å²) < 4.78 is 5.14. The molecule has 0 radical (unpaired) electrons. The van der Waals surface area contributed by atoms with Crippen molar-refractivity contribution in [3.05, 3.63) is 24.3 Å². The summed E-state index contributed by atoms with van der Waals surface area (Å²) in [6.07, 6.45) is 0.724. The van der Waals surface area contributed by atoms with E-state index in [2.05, 4.69) is 20.8 Å². The van der Waals surface area contributed by atoms with E-state index in [4.69, 9.17) is 16.3 Å². The van der Waals surface area contributed by atoms with E-state index in [-0.39, 0.29) is 17.7 Å². The van der Waals surface area contributed by atoms with Crippen LogP contribution in [0.15, 0.2) is 24.3 Å². The molecule has 9 heteroatoms. The Kier molecular flexibility index (Phi) is 7.55. The molecular weight excluding hydrogens is 388 g/mol. The van der Waals surface area contributed by atoms with Gasteiger partial charge in [-0.1, -0.05) is 31.6 Å². The summed E-state index contributed by atoms with van der Waals surface area (Å²) in [5.41, 5.74) is 0.872. The molecule has 0 aliphatic rings. The fourth-order valence-electron chi connectivity index (χ4n) is 2.28. The number of nitrogens with one attached hydrogen (secondary N) is 2. The van der Waals surface area contributed by atoms with Crippen molar-refractivity contribution < 1.29 is 14.3 Å². The number of halogens is 1. The van der Waals surface area contributed by atoms with Crippen LogP contribution in [-0.2, 0) is 9.59 Å². The van der Waals surface area contributed by atoms with Gasteiger partial charge in [0.05, 0.1) is 7.11 Å². The maximum absolute atomic E-state index is 12.7. The zero-order valence-electron chi connectivity index (χ0n) is 15.7.